The third kappa shape index (κ3) is 3.67. The van der Waals surface area contributed by atoms with Crippen molar-refractivity contribution in [2.45, 2.75) is 51.4 Å². The molecule has 2 saturated heterocycles. The van der Waals surface area contributed by atoms with Crippen molar-refractivity contribution in [2.24, 2.45) is 5.41 Å². The minimum absolute atomic E-state index is 0.0476. The van der Waals surface area contributed by atoms with Crippen LogP contribution in [-0.2, 0) is 21.2 Å². The van der Waals surface area contributed by atoms with Gasteiger partial charge < -0.3 is 13.9 Å². The van der Waals surface area contributed by atoms with Crippen LogP contribution in [0.15, 0.2) is 9.05 Å². The first-order valence-corrected chi connectivity index (χ1v) is 12.5. The molecule has 1 atom stereocenters. The van der Waals surface area contributed by atoms with Gasteiger partial charge >= 0.3 is 0 Å². The van der Waals surface area contributed by atoms with Crippen LogP contribution in [0, 0.1) is 19.3 Å². The number of carbonyl (C=O) groups excluding carboxylic acids is 1. The third-order valence-electron chi connectivity index (χ3n) is 6.92. The number of hydrogen-bond donors (Lipinski definition) is 0. The second-order valence-corrected chi connectivity index (χ2v) is 11.3. The fourth-order valence-corrected chi connectivity index (χ4v) is 5.78. The third-order valence-corrected chi connectivity index (χ3v) is 8.13. The van der Waals surface area contributed by atoms with Crippen LogP contribution in [0.4, 0.5) is 0 Å². The van der Waals surface area contributed by atoms with Crippen molar-refractivity contribution >= 4 is 15.9 Å². The Balaban J connectivity index is 1.29. The van der Waals surface area contributed by atoms with Crippen LogP contribution in [0.3, 0.4) is 0 Å². The molecule has 0 radical (unpaired) electrons. The van der Waals surface area contributed by atoms with Gasteiger partial charge in [0.05, 0.1) is 17.9 Å². The van der Waals surface area contributed by atoms with Gasteiger partial charge in [-0.25, -0.2) is 12.7 Å². The molecule has 0 bridgehead atoms. The summed E-state index contributed by atoms with van der Waals surface area (Å²) in [5.41, 5.74) is 1.41. The average Bonchev–Trinajstić information content (AvgIpc) is 3.13. The number of aromatic nitrogens is 3. The first kappa shape index (κ1) is 20.6. The van der Waals surface area contributed by atoms with Crippen molar-refractivity contribution in [2.75, 3.05) is 32.4 Å². The maximum absolute atomic E-state index is 12.8. The number of likely N-dealkylation sites (tertiary alicyclic amines) is 1. The van der Waals surface area contributed by atoms with E-state index in [4.69, 9.17) is 9.05 Å². The molecular weight excluding hydrogens is 422 g/mol. The molecule has 1 saturated carbocycles. The minimum atomic E-state index is -3.35. The highest BCUT2D eigenvalue weighted by Crippen LogP contribution is 2.50. The second kappa shape index (κ2) is 7.13. The molecule has 5 rings (SSSR count). The summed E-state index contributed by atoms with van der Waals surface area (Å²) < 4.78 is 36.7. The van der Waals surface area contributed by atoms with E-state index in [0.29, 0.717) is 50.8 Å². The highest BCUT2D eigenvalue weighted by Gasteiger charge is 2.59. The van der Waals surface area contributed by atoms with E-state index in [1.54, 1.807) is 4.90 Å². The predicted octanol–water partition coefficient (Wildman–Crippen LogP) is 1.37. The van der Waals surface area contributed by atoms with E-state index in [2.05, 4.69) is 15.3 Å². The fourth-order valence-electron chi connectivity index (χ4n) is 4.87. The zero-order chi connectivity index (χ0) is 22.0. The Labute approximate surface area is 181 Å². The zero-order valence-electron chi connectivity index (χ0n) is 18.0. The lowest BCUT2D eigenvalue weighted by Gasteiger charge is -2.50. The summed E-state index contributed by atoms with van der Waals surface area (Å²) >= 11 is 0. The molecule has 10 nitrogen and oxygen atoms in total. The van der Waals surface area contributed by atoms with Crippen molar-refractivity contribution in [1.82, 2.24) is 24.5 Å². The Morgan fingerprint density at radius 2 is 1.90 bits per heavy atom. The summed E-state index contributed by atoms with van der Waals surface area (Å²) in [6.07, 6.45) is 4.30. The van der Waals surface area contributed by atoms with Gasteiger partial charge in [-0.15, -0.1) is 0 Å². The van der Waals surface area contributed by atoms with Crippen LogP contribution >= 0.6 is 0 Å². The molecule has 1 unspecified atom stereocenters. The number of amides is 1. The van der Waals surface area contributed by atoms with Crippen LogP contribution < -0.4 is 0 Å². The molecule has 11 heteroatoms. The largest absolute Gasteiger partial charge is 0.361 e. The van der Waals surface area contributed by atoms with E-state index in [0.717, 1.165) is 35.7 Å². The smallest absolute Gasteiger partial charge is 0.231 e. The topological polar surface area (TPSA) is 123 Å². The molecule has 3 aliphatic rings. The second-order valence-electron chi connectivity index (χ2n) is 9.29. The molecule has 0 N–H and O–H groups in total. The Kier molecular flexibility index (Phi) is 4.74. The molecule has 1 amide bonds. The lowest BCUT2D eigenvalue weighted by molar-refractivity contribution is -0.143. The van der Waals surface area contributed by atoms with Gasteiger partial charge in [0.15, 0.2) is 5.82 Å². The SMILES string of the molecule is Cc1noc(C)c1CCC(=O)N1CC2(C1)CN(S(C)(=O)=O)CC2c1nc(C2CC2)no1. The van der Waals surface area contributed by atoms with Crippen molar-refractivity contribution < 1.29 is 22.3 Å². The van der Waals surface area contributed by atoms with Crippen LogP contribution in [-0.4, -0.2) is 71.3 Å². The van der Waals surface area contributed by atoms with E-state index in [1.807, 2.05) is 13.8 Å². The summed E-state index contributed by atoms with van der Waals surface area (Å²) in [7, 11) is -3.35. The summed E-state index contributed by atoms with van der Waals surface area (Å²) in [6.45, 7) is 5.38. The molecule has 2 aromatic heterocycles. The van der Waals surface area contributed by atoms with Crippen LogP contribution in [0.2, 0.25) is 0 Å². The Morgan fingerprint density at radius 1 is 1.16 bits per heavy atom. The summed E-state index contributed by atoms with van der Waals surface area (Å²) in [6, 6.07) is 0. The van der Waals surface area contributed by atoms with Gasteiger partial charge in [-0.05, 0) is 33.1 Å². The van der Waals surface area contributed by atoms with Crippen LogP contribution in [0.25, 0.3) is 0 Å². The predicted molar refractivity (Wildman–Crippen MR) is 109 cm³/mol. The molecule has 2 aromatic rings. The summed E-state index contributed by atoms with van der Waals surface area (Å²) in [5.74, 6) is 2.17. The Hall–Kier alpha value is -2.27. The monoisotopic (exact) mass is 449 g/mol. The van der Waals surface area contributed by atoms with Gasteiger partial charge in [-0.1, -0.05) is 10.3 Å². The van der Waals surface area contributed by atoms with E-state index < -0.39 is 10.0 Å². The zero-order valence-corrected chi connectivity index (χ0v) is 18.8. The van der Waals surface area contributed by atoms with Gasteiger partial charge in [0.2, 0.25) is 21.8 Å². The molecule has 3 fully saturated rings. The van der Waals surface area contributed by atoms with Gasteiger partial charge in [0.25, 0.3) is 0 Å². The maximum atomic E-state index is 12.8. The molecule has 1 aliphatic carbocycles. The minimum Gasteiger partial charge on any atom is -0.361 e. The number of sulfonamides is 1. The summed E-state index contributed by atoms with van der Waals surface area (Å²) in [5, 5.41) is 8.05. The maximum Gasteiger partial charge on any atom is 0.231 e. The Morgan fingerprint density at radius 3 is 2.52 bits per heavy atom. The van der Waals surface area contributed by atoms with E-state index in [-0.39, 0.29) is 17.2 Å². The van der Waals surface area contributed by atoms with E-state index in [1.165, 1.54) is 10.6 Å². The van der Waals surface area contributed by atoms with Gasteiger partial charge in [-0.2, -0.15) is 4.98 Å². The highest BCUT2D eigenvalue weighted by atomic mass is 32.2. The molecule has 168 valence electrons. The van der Waals surface area contributed by atoms with Gasteiger partial charge in [-0.3, -0.25) is 4.79 Å². The molecule has 2 aliphatic heterocycles. The standard InChI is InChI=1S/C20H27N5O5S/c1-12-15(13(2)29-22-12)6-7-17(26)24-9-20(10-24)11-25(31(3,27)28)8-16(20)19-21-18(23-30-19)14-4-5-14/h14,16H,4-11H2,1-3H3. The number of aryl methyl sites for hydroxylation is 2. The van der Waals surface area contributed by atoms with Crippen molar-refractivity contribution in [3.8, 4) is 0 Å². The number of hydrogen-bond acceptors (Lipinski definition) is 8. The first-order chi connectivity index (χ1) is 14.7. The summed E-state index contributed by atoms with van der Waals surface area (Å²) in [4.78, 5) is 19.2. The quantitative estimate of drug-likeness (QED) is 0.648. The lowest BCUT2D eigenvalue weighted by atomic mass is 9.71. The van der Waals surface area contributed by atoms with E-state index in [9.17, 15) is 13.2 Å². The van der Waals surface area contributed by atoms with Crippen molar-refractivity contribution in [3.05, 3.63) is 28.7 Å². The Bertz CT molecular complexity index is 1090. The van der Waals surface area contributed by atoms with Crippen LogP contribution in [0.1, 0.15) is 59.8 Å². The molecule has 1 spiro atoms. The van der Waals surface area contributed by atoms with E-state index >= 15 is 0 Å². The number of rotatable bonds is 6. The molecule has 31 heavy (non-hydrogen) atoms. The molecular formula is C20H27N5O5S. The average molecular weight is 450 g/mol. The number of nitrogens with zero attached hydrogens (tertiary/aromatic N) is 5. The van der Waals surface area contributed by atoms with Gasteiger partial charge in [0, 0.05) is 49.5 Å². The van der Waals surface area contributed by atoms with Crippen molar-refractivity contribution in [1.29, 1.82) is 0 Å². The lowest BCUT2D eigenvalue weighted by Crippen LogP contribution is -2.61. The van der Waals surface area contributed by atoms with Gasteiger partial charge in [0.1, 0.15) is 5.76 Å². The molecule has 4 heterocycles. The van der Waals surface area contributed by atoms with Crippen molar-refractivity contribution in [3.63, 3.8) is 0 Å². The first-order valence-electron chi connectivity index (χ1n) is 10.6. The number of carbonyl (C=O) groups is 1. The normalized spacial score (nSPS) is 23.5. The van der Waals surface area contributed by atoms with Crippen LogP contribution in [0.5, 0.6) is 0 Å². The molecule has 0 aromatic carbocycles. The highest BCUT2D eigenvalue weighted by molar-refractivity contribution is 7.88. The fraction of sp³-hybridized carbons (Fsp3) is 0.700.